The molecule has 0 radical (unpaired) electrons. The van der Waals surface area contributed by atoms with E-state index in [0.717, 1.165) is 4.47 Å². The first kappa shape index (κ1) is 11.0. The summed E-state index contributed by atoms with van der Waals surface area (Å²) < 4.78 is 0.733. The van der Waals surface area contributed by atoms with Gasteiger partial charge in [0.1, 0.15) is 6.10 Å². The monoisotopic (exact) mass is 310 g/mol. The Morgan fingerprint density at radius 1 is 1.31 bits per heavy atom. The predicted octanol–water partition coefficient (Wildman–Crippen LogP) is 1.03. The van der Waals surface area contributed by atoms with E-state index in [9.17, 15) is 10.2 Å². The fraction of sp³-hybridized carbons (Fsp3) is 0.429. The lowest BCUT2D eigenvalue weighted by Gasteiger charge is -2.13. The minimum absolute atomic E-state index is 0.218. The molecule has 0 saturated heterocycles. The van der Waals surface area contributed by atoms with Crippen molar-refractivity contribution in [1.29, 1.82) is 0 Å². The smallest absolute Gasteiger partial charge is 0.159 e. The van der Waals surface area contributed by atoms with E-state index in [1.54, 1.807) is 0 Å². The molecule has 72 valence electrons. The second kappa shape index (κ2) is 4.99. The number of aliphatic hydroxyl groups is 2. The summed E-state index contributed by atoms with van der Waals surface area (Å²) in [6.45, 7) is 0. The van der Waals surface area contributed by atoms with Crippen molar-refractivity contribution in [1.82, 2.24) is 9.97 Å². The molecule has 1 aromatic rings. The summed E-state index contributed by atoms with van der Waals surface area (Å²) in [5.74, 6) is 0.218. The molecule has 4 nitrogen and oxygen atoms in total. The van der Waals surface area contributed by atoms with Crippen molar-refractivity contribution >= 4 is 31.9 Å². The van der Waals surface area contributed by atoms with Crippen molar-refractivity contribution in [2.45, 2.75) is 12.2 Å². The standard InChI is InChI=1S/C7H8Br2N2O2/c8-1-5(12)6(13)7-10-2-4(9)3-11-7/h2-3,5-6,12-13H,1H2. The molecule has 0 fully saturated rings. The molecule has 0 aliphatic carbocycles. The third-order valence-electron chi connectivity index (χ3n) is 1.43. The summed E-state index contributed by atoms with van der Waals surface area (Å²) in [5, 5.41) is 19.0. The highest BCUT2D eigenvalue weighted by molar-refractivity contribution is 9.10. The van der Waals surface area contributed by atoms with Crippen LogP contribution in [0.25, 0.3) is 0 Å². The highest BCUT2D eigenvalue weighted by Gasteiger charge is 2.19. The lowest BCUT2D eigenvalue weighted by Crippen LogP contribution is -2.21. The molecule has 13 heavy (non-hydrogen) atoms. The van der Waals surface area contributed by atoms with Crippen LogP contribution in [0, 0.1) is 0 Å². The number of hydrogen-bond acceptors (Lipinski definition) is 4. The molecule has 0 aromatic carbocycles. The van der Waals surface area contributed by atoms with Crippen molar-refractivity contribution in [3.8, 4) is 0 Å². The Hall–Kier alpha value is -0.0400. The molecule has 0 amide bonds. The number of hydrogen-bond donors (Lipinski definition) is 2. The Labute approximate surface area is 92.3 Å². The number of rotatable bonds is 3. The van der Waals surface area contributed by atoms with E-state index in [1.807, 2.05) is 0 Å². The number of alkyl halides is 1. The largest absolute Gasteiger partial charge is 0.389 e. The zero-order valence-electron chi connectivity index (χ0n) is 6.56. The van der Waals surface area contributed by atoms with Crippen molar-refractivity contribution in [2.24, 2.45) is 0 Å². The highest BCUT2D eigenvalue weighted by Crippen LogP contribution is 2.15. The second-order valence-corrected chi connectivity index (χ2v) is 3.99. The Bertz CT molecular complexity index is 268. The van der Waals surface area contributed by atoms with Gasteiger partial charge in [-0.2, -0.15) is 0 Å². The molecular weight excluding hydrogens is 304 g/mol. The molecule has 0 saturated carbocycles. The maximum Gasteiger partial charge on any atom is 0.159 e. The van der Waals surface area contributed by atoms with Crippen LogP contribution < -0.4 is 0 Å². The Kier molecular flexibility index (Phi) is 4.24. The maximum atomic E-state index is 9.46. The Balaban J connectivity index is 2.77. The summed E-state index contributed by atoms with van der Waals surface area (Å²) >= 11 is 6.22. The van der Waals surface area contributed by atoms with Crippen LogP contribution in [0.4, 0.5) is 0 Å². The summed E-state index contributed by atoms with van der Waals surface area (Å²) in [6.07, 6.45) is 1.10. The van der Waals surface area contributed by atoms with Crippen LogP contribution in [-0.4, -0.2) is 31.6 Å². The van der Waals surface area contributed by atoms with Crippen LogP contribution in [-0.2, 0) is 0 Å². The van der Waals surface area contributed by atoms with Gasteiger partial charge in [-0.05, 0) is 15.9 Å². The summed E-state index contributed by atoms with van der Waals surface area (Å²) in [6, 6.07) is 0. The average molecular weight is 312 g/mol. The predicted molar refractivity (Wildman–Crippen MR) is 54.5 cm³/mol. The molecule has 1 aromatic heterocycles. The number of aliphatic hydroxyl groups excluding tert-OH is 2. The molecule has 0 spiro atoms. The SMILES string of the molecule is OC(CBr)C(O)c1ncc(Br)cn1. The van der Waals surface area contributed by atoms with Gasteiger partial charge in [-0.15, -0.1) is 0 Å². The van der Waals surface area contributed by atoms with Crippen molar-refractivity contribution in [2.75, 3.05) is 5.33 Å². The molecule has 6 heteroatoms. The third kappa shape index (κ3) is 2.98. The first-order chi connectivity index (χ1) is 6.15. The van der Waals surface area contributed by atoms with Crippen molar-refractivity contribution in [3.63, 3.8) is 0 Å². The zero-order chi connectivity index (χ0) is 9.84. The van der Waals surface area contributed by atoms with Crippen LogP contribution in [0.2, 0.25) is 0 Å². The molecule has 2 N–H and O–H groups in total. The summed E-state index contributed by atoms with van der Waals surface area (Å²) in [5.41, 5.74) is 0. The molecule has 2 atom stereocenters. The van der Waals surface area contributed by atoms with Crippen LogP contribution in [0.15, 0.2) is 16.9 Å². The minimum Gasteiger partial charge on any atom is -0.389 e. The lowest BCUT2D eigenvalue weighted by atomic mass is 10.2. The number of aromatic nitrogens is 2. The number of halogens is 2. The fourth-order valence-corrected chi connectivity index (χ4v) is 1.29. The molecule has 0 aliphatic rings. The Morgan fingerprint density at radius 3 is 2.31 bits per heavy atom. The van der Waals surface area contributed by atoms with Gasteiger partial charge >= 0.3 is 0 Å². The van der Waals surface area contributed by atoms with E-state index < -0.39 is 12.2 Å². The molecule has 1 rings (SSSR count). The van der Waals surface area contributed by atoms with Gasteiger partial charge in [-0.1, -0.05) is 15.9 Å². The molecule has 1 heterocycles. The second-order valence-electron chi connectivity index (χ2n) is 2.43. The van der Waals surface area contributed by atoms with Gasteiger partial charge in [-0.3, -0.25) is 0 Å². The minimum atomic E-state index is -1.05. The van der Waals surface area contributed by atoms with E-state index in [-0.39, 0.29) is 11.2 Å². The first-order valence-corrected chi connectivity index (χ1v) is 5.46. The quantitative estimate of drug-likeness (QED) is 0.818. The van der Waals surface area contributed by atoms with Gasteiger partial charge in [0.05, 0.1) is 10.6 Å². The molecular formula is C7H8Br2N2O2. The van der Waals surface area contributed by atoms with E-state index in [0.29, 0.717) is 0 Å². The van der Waals surface area contributed by atoms with Crippen molar-refractivity contribution in [3.05, 3.63) is 22.7 Å². The molecule has 2 unspecified atom stereocenters. The van der Waals surface area contributed by atoms with Gasteiger partial charge in [0.25, 0.3) is 0 Å². The van der Waals surface area contributed by atoms with Gasteiger partial charge in [0, 0.05) is 17.7 Å². The van der Waals surface area contributed by atoms with E-state index in [1.165, 1.54) is 12.4 Å². The van der Waals surface area contributed by atoms with Crippen molar-refractivity contribution < 1.29 is 10.2 Å². The Morgan fingerprint density at radius 2 is 1.85 bits per heavy atom. The zero-order valence-corrected chi connectivity index (χ0v) is 9.73. The van der Waals surface area contributed by atoms with Gasteiger partial charge < -0.3 is 10.2 Å². The van der Waals surface area contributed by atoms with Crippen LogP contribution in [0.1, 0.15) is 11.9 Å². The first-order valence-electron chi connectivity index (χ1n) is 3.54. The normalized spacial score (nSPS) is 15.4. The maximum absolute atomic E-state index is 9.46. The van der Waals surface area contributed by atoms with E-state index in [2.05, 4.69) is 41.8 Å². The molecule has 0 bridgehead atoms. The van der Waals surface area contributed by atoms with E-state index in [4.69, 9.17) is 0 Å². The van der Waals surface area contributed by atoms with Crippen LogP contribution >= 0.6 is 31.9 Å². The summed E-state index contributed by atoms with van der Waals surface area (Å²) in [4.78, 5) is 7.72. The van der Waals surface area contributed by atoms with Crippen LogP contribution in [0.3, 0.4) is 0 Å². The lowest BCUT2D eigenvalue weighted by molar-refractivity contribution is 0.0285. The highest BCUT2D eigenvalue weighted by atomic mass is 79.9. The third-order valence-corrected chi connectivity index (χ3v) is 2.50. The number of nitrogens with zero attached hydrogens (tertiary/aromatic N) is 2. The molecule has 0 aliphatic heterocycles. The van der Waals surface area contributed by atoms with E-state index >= 15 is 0 Å². The van der Waals surface area contributed by atoms with Gasteiger partial charge in [0.2, 0.25) is 0 Å². The average Bonchev–Trinajstić information content (AvgIpc) is 2.17. The van der Waals surface area contributed by atoms with Gasteiger partial charge in [0.15, 0.2) is 5.82 Å². The van der Waals surface area contributed by atoms with Gasteiger partial charge in [-0.25, -0.2) is 9.97 Å². The topological polar surface area (TPSA) is 66.2 Å². The fourth-order valence-electron chi connectivity index (χ4n) is 0.731. The van der Waals surface area contributed by atoms with Crippen LogP contribution in [0.5, 0.6) is 0 Å². The summed E-state index contributed by atoms with van der Waals surface area (Å²) in [7, 11) is 0.